The molecule has 1 aliphatic rings. The van der Waals surface area contributed by atoms with Crippen LogP contribution in [0.3, 0.4) is 0 Å². The zero-order chi connectivity index (χ0) is 13.1. The summed E-state index contributed by atoms with van der Waals surface area (Å²) in [5.41, 5.74) is 5.99. The number of benzene rings is 1. The zero-order valence-electron chi connectivity index (χ0n) is 10.3. The van der Waals surface area contributed by atoms with Gasteiger partial charge in [-0.1, -0.05) is 6.07 Å². The number of carboxylic acid groups (broad SMARTS) is 1. The molecule has 1 aromatic rings. The number of fused-ring (bicyclic) bond motifs is 1. The summed E-state index contributed by atoms with van der Waals surface area (Å²) in [6.45, 7) is 4.33. The fraction of sp³-hybridized carbons (Fsp3) is 0.308. The lowest BCUT2D eigenvalue weighted by atomic mass is 10.0. The van der Waals surface area contributed by atoms with E-state index >= 15 is 0 Å². The summed E-state index contributed by atoms with van der Waals surface area (Å²) in [6, 6.07) is 3.47. The molecular weight excluding hydrogens is 250 g/mol. The van der Waals surface area contributed by atoms with Crippen molar-refractivity contribution in [3.8, 4) is 0 Å². The van der Waals surface area contributed by atoms with Gasteiger partial charge >= 0.3 is 5.97 Å². The van der Waals surface area contributed by atoms with Crippen LogP contribution >= 0.6 is 11.8 Å². The summed E-state index contributed by atoms with van der Waals surface area (Å²) in [5, 5.41) is 9.11. The topological polar surface area (TPSA) is 58.6 Å². The second kappa shape index (κ2) is 5.46. The molecule has 0 saturated heterocycles. The van der Waals surface area contributed by atoms with Crippen LogP contribution in [0.15, 0.2) is 23.1 Å². The fourth-order valence-corrected chi connectivity index (χ4v) is 2.96. The Morgan fingerprint density at radius 2 is 2.33 bits per heavy atom. The summed E-state index contributed by atoms with van der Waals surface area (Å²) in [6.07, 6.45) is 2.04. The molecule has 0 bridgehead atoms. The highest BCUT2D eigenvalue weighted by Gasteiger charge is 2.19. The molecule has 5 heteroatoms. The van der Waals surface area contributed by atoms with Gasteiger partial charge in [-0.2, -0.15) is 0 Å². The molecule has 0 atom stereocenters. The van der Waals surface area contributed by atoms with Gasteiger partial charge in [-0.15, -0.1) is 11.8 Å². The third-order valence-corrected chi connectivity index (χ3v) is 3.92. The molecule has 0 fully saturated rings. The molecule has 0 aliphatic carbocycles. The zero-order valence-corrected chi connectivity index (χ0v) is 11.1. The Labute approximate surface area is 110 Å². The van der Waals surface area contributed by atoms with E-state index in [2.05, 4.69) is 5.48 Å². The van der Waals surface area contributed by atoms with Gasteiger partial charge in [-0.05, 0) is 31.6 Å². The van der Waals surface area contributed by atoms with Gasteiger partial charge in [0.25, 0.3) is 0 Å². The van der Waals surface area contributed by atoms with Gasteiger partial charge in [0.05, 0.1) is 17.9 Å². The minimum absolute atomic E-state index is 0.360. The number of aromatic carboxylic acids is 1. The second-order valence-electron chi connectivity index (χ2n) is 3.88. The van der Waals surface area contributed by atoms with E-state index in [9.17, 15) is 4.79 Å². The van der Waals surface area contributed by atoms with Crippen molar-refractivity contribution >= 4 is 23.4 Å². The third kappa shape index (κ3) is 2.37. The average molecular weight is 265 g/mol. The molecule has 18 heavy (non-hydrogen) atoms. The number of carbonyl (C=O) groups is 1. The van der Waals surface area contributed by atoms with Crippen molar-refractivity contribution in [2.45, 2.75) is 18.7 Å². The van der Waals surface area contributed by atoms with E-state index in [4.69, 9.17) is 9.94 Å². The van der Waals surface area contributed by atoms with Crippen molar-refractivity contribution in [2.75, 3.05) is 12.4 Å². The first-order valence-corrected chi connectivity index (χ1v) is 6.71. The average Bonchev–Trinajstić information content (AvgIpc) is 2.36. The first kappa shape index (κ1) is 13.0. The molecule has 0 saturated carbocycles. The van der Waals surface area contributed by atoms with Crippen LogP contribution in [0, 0.1) is 6.92 Å². The summed E-state index contributed by atoms with van der Waals surface area (Å²) in [5.74, 6) is -0.0726. The van der Waals surface area contributed by atoms with Gasteiger partial charge in [0.1, 0.15) is 0 Å². The van der Waals surface area contributed by atoms with E-state index in [-0.39, 0.29) is 0 Å². The van der Waals surface area contributed by atoms with Crippen LogP contribution in [0.2, 0.25) is 0 Å². The molecule has 1 aliphatic heterocycles. The molecule has 0 amide bonds. The highest BCUT2D eigenvalue weighted by atomic mass is 32.2. The van der Waals surface area contributed by atoms with Crippen molar-refractivity contribution in [3.05, 3.63) is 34.9 Å². The van der Waals surface area contributed by atoms with Crippen LogP contribution < -0.4 is 5.48 Å². The van der Waals surface area contributed by atoms with Crippen LogP contribution in [0.25, 0.3) is 5.70 Å². The van der Waals surface area contributed by atoms with Crippen molar-refractivity contribution in [1.29, 1.82) is 0 Å². The Hall–Kier alpha value is -1.46. The Kier molecular flexibility index (Phi) is 3.93. The van der Waals surface area contributed by atoms with Gasteiger partial charge in [-0.25, -0.2) is 4.79 Å². The Bertz CT molecular complexity index is 511. The molecule has 1 aromatic carbocycles. The number of hydrogen-bond acceptors (Lipinski definition) is 4. The number of hydroxylamine groups is 1. The van der Waals surface area contributed by atoms with E-state index in [1.54, 1.807) is 17.8 Å². The molecule has 2 N–H and O–H groups in total. The number of nitrogens with one attached hydrogen (secondary N) is 1. The normalized spacial score (nSPS) is 13.8. The highest BCUT2D eigenvalue weighted by Crippen LogP contribution is 2.36. The lowest BCUT2D eigenvalue weighted by Crippen LogP contribution is -2.16. The molecule has 1 heterocycles. The van der Waals surface area contributed by atoms with Crippen LogP contribution in [0.1, 0.15) is 28.4 Å². The van der Waals surface area contributed by atoms with E-state index < -0.39 is 5.97 Å². The summed E-state index contributed by atoms with van der Waals surface area (Å²) < 4.78 is 0. The minimum atomic E-state index is -0.884. The standard InChI is InChI=1S/C13H15NO3S/c1-3-17-14-11-6-7-18-12-8(2)9(13(15)16)4-5-10(11)12/h4-6,14H,3,7H2,1-2H3,(H,15,16). The number of thioether (sulfide) groups is 1. The van der Waals surface area contributed by atoms with Gasteiger partial charge in [0.15, 0.2) is 0 Å². The predicted molar refractivity (Wildman–Crippen MR) is 71.6 cm³/mol. The maximum absolute atomic E-state index is 11.1. The Balaban J connectivity index is 2.41. The van der Waals surface area contributed by atoms with E-state index in [0.717, 1.165) is 27.5 Å². The lowest BCUT2D eigenvalue weighted by molar-refractivity contribution is 0.0696. The molecular formula is C13H15NO3S. The lowest BCUT2D eigenvalue weighted by Gasteiger charge is -2.20. The molecule has 0 aromatic heterocycles. The van der Waals surface area contributed by atoms with Crippen LogP contribution in [0.4, 0.5) is 0 Å². The van der Waals surface area contributed by atoms with Crippen molar-refractivity contribution in [3.63, 3.8) is 0 Å². The molecule has 0 radical (unpaired) electrons. The SMILES string of the molecule is CCONC1=CCSc2c1ccc(C(=O)O)c2C. The quantitative estimate of drug-likeness (QED) is 0.820. The fourth-order valence-electron chi connectivity index (χ4n) is 1.89. The molecule has 0 spiro atoms. The number of rotatable bonds is 4. The van der Waals surface area contributed by atoms with E-state index in [1.807, 2.05) is 26.0 Å². The maximum Gasteiger partial charge on any atom is 0.335 e. The van der Waals surface area contributed by atoms with Gasteiger partial charge in [-0.3, -0.25) is 10.3 Å². The first-order chi connectivity index (χ1) is 8.65. The molecule has 0 unspecified atom stereocenters. The summed E-state index contributed by atoms with van der Waals surface area (Å²) in [7, 11) is 0. The van der Waals surface area contributed by atoms with Crippen molar-refractivity contribution < 1.29 is 14.7 Å². The Morgan fingerprint density at radius 3 is 3.00 bits per heavy atom. The van der Waals surface area contributed by atoms with Gasteiger partial charge in [0, 0.05) is 16.2 Å². The first-order valence-electron chi connectivity index (χ1n) is 5.73. The summed E-state index contributed by atoms with van der Waals surface area (Å²) >= 11 is 1.65. The largest absolute Gasteiger partial charge is 0.478 e. The number of hydrogen-bond donors (Lipinski definition) is 2. The minimum Gasteiger partial charge on any atom is -0.478 e. The smallest absolute Gasteiger partial charge is 0.335 e. The Morgan fingerprint density at radius 1 is 1.56 bits per heavy atom. The maximum atomic E-state index is 11.1. The van der Waals surface area contributed by atoms with Crippen molar-refractivity contribution in [2.24, 2.45) is 0 Å². The second-order valence-corrected chi connectivity index (χ2v) is 4.91. The molecule has 4 nitrogen and oxygen atoms in total. The van der Waals surface area contributed by atoms with Gasteiger partial charge in [0.2, 0.25) is 0 Å². The third-order valence-electron chi connectivity index (χ3n) is 2.77. The molecule has 96 valence electrons. The summed E-state index contributed by atoms with van der Waals surface area (Å²) in [4.78, 5) is 17.3. The van der Waals surface area contributed by atoms with Crippen LogP contribution in [-0.2, 0) is 4.84 Å². The monoisotopic (exact) mass is 265 g/mol. The highest BCUT2D eigenvalue weighted by molar-refractivity contribution is 7.99. The van der Waals surface area contributed by atoms with Gasteiger partial charge < -0.3 is 5.11 Å². The van der Waals surface area contributed by atoms with Crippen molar-refractivity contribution in [1.82, 2.24) is 5.48 Å². The molecule has 2 rings (SSSR count). The van der Waals surface area contributed by atoms with Crippen LogP contribution in [-0.4, -0.2) is 23.4 Å². The number of carboxylic acids is 1. The van der Waals surface area contributed by atoms with E-state index in [1.165, 1.54) is 0 Å². The predicted octanol–water partition coefficient (Wildman–Crippen LogP) is 2.68. The van der Waals surface area contributed by atoms with E-state index in [0.29, 0.717) is 12.2 Å². The van der Waals surface area contributed by atoms with Crippen LogP contribution in [0.5, 0.6) is 0 Å².